The summed E-state index contributed by atoms with van der Waals surface area (Å²) in [7, 11) is 0. The summed E-state index contributed by atoms with van der Waals surface area (Å²) in [5.41, 5.74) is 4.56. The molecule has 7 nitrogen and oxygen atoms in total. The van der Waals surface area contributed by atoms with E-state index >= 15 is 0 Å². The van der Waals surface area contributed by atoms with Crippen LogP contribution in [0.1, 0.15) is 43.9 Å². The number of hydrazone groups is 1. The molecule has 2 aromatic carbocycles. The van der Waals surface area contributed by atoms with Crippen molar-refractivity contribution in [3.8, 4) is 11.1 Å². The monoisotopic (exact) mass is 467 g/mol. The zero-order chi connectivity index (χ0) is 24.1. The van der Waals surface area contributed by atoms with E-state index in [4.69, 9.17) is 16.7 Å². The second-order valence-corrected chi connectivity index (χ2v) is 7.93. The minimum Gasteiger partial charge on any atom is -0.505 e. The lowest BCUT2D eigenvalue weighted by Gasteiger charge is -2.31. The zero-order valence-corrected chi connectivity index (χ0v) is 19.5. The predicted molar refractivity (Wildman–Crippen MR) is 131 cm³/mol. The van der Waals surface area contributed by atoms with Gasteiger partial charge in [0.1, 0.15) is 6.54 Å². The fraction of sp³-hybridized carbons (Fsp3) is 0.240. The van der Waals surface area contributed by atoms with Crippen molar-refractivity contribution in [2.75, 3.05) is 6.54 Å². The molecule has 33 heavy (non-hydrogen) atoms. The van der Waals surface area contributed by atoms with Gasteiger partial charge in [-0.15, -0.1) is 0 Å². The maximum absolute atomic E-state index is 12.7. The summed E-state index contributed by atoms with van der Waals surface area (Å²) < 4.78 is 0. The Hall–Kier alpha value is -3.58. The third-order valence-corrected chi connectivity index (χ3v) is 5.38. The number of benzene rings is 2. The van der Waals surface area contributed by atoms with Crippen LogP contribution in [0.25, 0.3) is 22.6 Å². The van der Waals surface area contributed by atoms with Crippen molar-refractivity contribution in [1.82, 2.24) is 10.3 Å². The molecule has 0 aliphatic carbocycles. The summed E-state index contributed by atoms with van der Waals surface area (Å²) in [5, 5.41) is 28.4. The molecule has 3 N–H and O–H groups in total. The van der Waals surface area contributed by atoms with Crippen LogP contribution >= 0.6 is 11.6 Å². The van der Waals surface area contributed by atoms with Crippen LogP contribution in [0.2, 0.25) is 5.02 Å². The summed E-state index contributed by atoms with van der Waals surface area (Å²) in [5.74, 6) is -2.22. The Morgan fingerprint density at radius 2 is 1.88 bits per heavy atom. The minimum atomic E-state index is -1.19. The number of aryl methyl sites for hydroxylation is 1. The lowest BCUT2D eigenvalue weighted by atomic mass is 9.92. The Labute approximate surface area is 197 Å². The van der Waals surface area contributed by atoms with E-state index in [0.717, 1.165) is 29.5 Å². The van der Waals surface area contributed by atoms with Crippen molar-refractivity contribution >= 4 is 41.1 Å². The molecule has 0 radical (unpaired) electrons. The number of aliphatic hydroxyl groups excluding tert-OH is 1. The maximum Gasteiger partial charge on any atom is 0.322 e. The van der Waals surface area contributed by atoms with Gasteiger partial charge in [0.15, 0.2) is 11.5 Å². The Morgan fingerprint density at radius 1 is 1.12 bits per heavy atom. The number of rotatable bonds is 7. The smallest absolute Gasteiger partial charge is 0.322 e. The van der Waals surface area contributed by atoms with Gasteiger partial charge in [-0.25, -0.2) is 5.01 Å². The average molecular weight is 468 g/mol. The second kappa shape index (κ2) is 10.4. The number of nitrogens with one attached hydrogen (secondary N) is 1. The highest BCUT2D eigenvalue weighted by atomic mass is 35.5. The number of nitrogens with zero attached hydrogens (tertiary/aromatic N) is 2. The Bertz CT molecular complexity index is 1180. The van der Waals surface area contributed by atoms with Gasteiger partial charge in [-0.2, -0.15) is 5.10 Å². The third-order valence-electron chi connectivity index (χ3n) is 5.16. The number of carboxylic acids is 1. The van der Waals surface area contributed by atoms with Gasteiger partial charge in [0, 0.05) is 22.4 Å². The molecule has 0 aromatic heterocycles. The van der Waals surface area contributed by atoms with E-state index in [9.17, 15) is 14.7 Å². The van der Waals surface area contributed by atoms with Gasteiger partial charge in [0.2, 0.25) is 0 Å². The van der Waals surface area contributed by atoms with Crippen LogP contribution in [0.4, 0.5) is 0 Å². The van der Waals surface area contributed by atoms with Crippen molar-refractivity contribution < 1.29 is 19.8 Å². The number of allylic oxidation sites excluding steroid dienone is 1. The van der Waals surface area contributed by atoms with Gasteiger partial charge < -0.3 is 15.5 Å². The number of halogens is 1. The second-order valence-electron chi connectivity index (χ2n) is 7.49. The van der Waals surface area contributed by atoms with Crippen LogP contribution in [0.3, 0.4) is 0 Å². The molecule has 1 aliphatic heterocycles. The predicted octanol–water partition coefficient (Wildman–Crippen LogP) is 5.07. The standard InChI is InChI=1S/C25H26ClN3O4/c1-4-7-15-10-17(12-18(26)11-15)16-8-9-19-20(13-16)21(5-2)29(28-6-3)23(24(19)32)25(33)27-14-22(30)31/h5-6,8-13,32H,4,7,14H2,1-3H3,(H,27,33)(H,30,31)/b21-5+,28-6-. The molecule has 0 bridgehead atoms. The molecule has 8 heteroatoms. The molecular formula is C25H26ClN3O4. The summed E-state index contributed by atoms with van der Waals surface area (Å²) >= 11 is 6.36. The van der Waals surface area contributed by atoms with E-state index in [0.29, 0.717) is 21.8 Å². The molecule has 0 spiro atoms. The van der Waals surface area contributed by atoms with Gasteiger partial charge in [-0.05, 0) is 61.2 Å². The number of hydrogen-bond donors (Lipinski definition) is 3. The minimum absolute atomic E-state index is 0.143. The number of aliphatic carboxylic acids is 1. The van der Waals surface area contributed by atoms with E-state index in [-0.39, 0.29) is 11.5 Å². The summed E-state index contributed by atoms with van der Waals surface area (Å²) in [6.07, 6.45) is 5.19. The highest BCUT2D eigenvalue weighted by Crippen LogP contribution is 2.40. The van der Waals surface area contributed by atoms with Crippen LogP contribution in [-0.4, -0.2) is 39.9 Å². The van der Waals surface area contributed by atoms with Crippen LogP contribution < -0.4 is 5.32 Å². The third kappa shape index (κ3) is 5.09. The first-order chi connectivity index (χ1) is 15.8. The van der Waals surface area contributed by atoms with Crippen LogP contribution in [0.15, 0.2) is 53.3 Å². The number of amides is 1. The van der Waals surface area contributed by atoms with E-state index < -0.39 is 18.4 Å². The van der Waals surface area contributed by atoms with Crippen molar-refractivity contribution in [1.29, 1.82) is 0 Å². The first-order valence-corrected chi connectivity index (χ1v) is 11.0. The number of fused-ring (bicyclic) bond motifs is 1. The number of aliphatic hydroxyl groups is 1. The van der Waals surface area contributed by atoms with E-state index in [1.165, 1.54) is 11.2 Å². The van der Waals surface area contributed by atoms with Gasteiger partial charge in [-0.1, -0.05) is 43.2 Å². The molecule has 0 fully saturated rings. The number of carbonyl (C=O) groups is 2. The molecule has 0 unspecified atom stereocenters. The number of carboxylic acid groups (broad SMARTS) is 1. The van der Waals surface area contributed by atoms with Gasteiger partial charge >= 0.3 is 5.97 Å². The molecule has 172 valence electrons. The molecule has 0 atom stereocenters. The van der Waals surface area contributed by atoms with Gasteiger partial charge in [-0.3, -0.25) is 9.59 Å². The number of carbonyl (C=O) groups excluding carboxylic acids is 1. The number of hydrogen-bond acceptors (Lipinski definition) is 5. The Kier molecular flexibility index (Phi) is 7.55. The maximum atomic E-state index is 12.7. The Balaban J connectivity index is 2.16. The molecule has 0 saturated carbocycles. The summed E-state index contributed by atoms with van der Waals surface area (Å²) in [6, 6.07) is 11.5. The lowest BCUT2D eigenvalue weighted by molar-refractivity contribution is -0.137. The van der Waals surface area contributed by atoms with E-state index in [1.54, 1.807) is 26.0 Å². The van der Waals surface area contributed by atoms with Crippen LogP contribution in [0, 0.1) is 0 Å². The Morgan fingerprint density at radius 3 is 2.52 bits per heavy atom. The van der Waals surface area contributed by atoms with E-state index in [1.807, 2.05) is 24.3 Å². The largest absolute Gasteiger partial charge is 0.505 e. The van der Waals surface area contributed by atoms with Gasteiger partial charge in [0.25, 0.3) is 5.91 Å². The summed E-state index contributed by atoms with van der Waals surface area (Å²) in [6.45, 7) is 5.02. The molecule has 1 amide bonds. The van der Waals surface area contributed by atoms with Crippen molar-refractivity contribution in [3.05, 3.63) is 69.9 Å². The topological polar surface area (TPSA) is 102 Å². The summed E-state index contributed by atoms with van der Waals surface area (Å²) in [4.78, 5) is 23.6. The highest BCUT2D eigenvalue weighted by Gasteiger charge is 2.33. The normalized spacial score (nSPS) is 14.7. The molecular weight excluding hydrogens is 442 g/mol. The quantitative estimate of drug-likeness (QED) is 0.493. The first kappa shape index (κ1) is 24.1. The zero-order valence-electron chi connectivity index (χ0n) is 18.7. The van der Waals surface area contributed by atoms with E-state index in [2.05, 4.69) is 23.4 Å². The molecule has 3 rings (SSSR count). The molecule has 1 heterocycles. The molecule has 0 saturated heterocycles. The fourth-order valence-electron chi connectivity index (χ4n) is 3.81. The molecule has 2 aromatic rings. The molecule has 1 aliphatic rings. The SMILES string of the molecule is C/C=N\N1C(C(=O)NCC(=O)O)=C(O)c2ccc(-c3cc(Cl)cc(CCC)c3)cc2/C1=C\C. The average Bonchev–Trinajstić information content (AvgIpc) is 2.77. The van der Waals surface area contributed by atoms with Crippen molar-refractivity contribution in [2.45, 2.75) is 33.6 Å². The lowest BCUT2D eigenvalue weighted by Crippen LogP contribution is -2.37. The van der Waals surface area contributed by atoms with Crippen molar-refractivity contribution in [3.63, 3.8) is 0 Å². The first-order valence-electron chi connectivity index (χ1n) is 10.6. The van der Waals surface area contributed by atoms with Crippen molar-refractivity contribution in [2.24, 2.45) is 5.10 Å². The highest BCUT2D eigenvalue weighted by molar-refractivity contribution is 6.31. The van der Waals surface area contributed by atoms with Crippen LogP contribution in [0.5, 0.6) is 0 Å². The van der Waals surface area contributed by atoms with Gasteiger partial charge in [0.05, 0.1) is 5.70 Å². The fourth-order valence-corrected chi connectivity index (χ4v) is 4.07. The van der Waals surface area contributed by atoms with Crippen LogP contribution in [-0.2, 0) is 16.0 Å².